The number of hydrogen-bond acceptors (Lipinski definition) is 3. The number of rotatable bonds is 7. The van der Waals surface area contributed by atoms with Gasteiger partial charge in [0.15, 0.2) is 0 Å². The molecular weight excluding hydrogens is 380 g/mol. The highest BCUT2D eigenvalue weighted by Crippen LogP contribution is 2.21. The molecule has 3 aromatic rings. The first-order chi connectivity index (χ1) is 13.9. The van der Waals surface area contributed by atoms with E-state index in [9.17, 15) is 9.59 Å². The van der Waals surface area contributed by atoms with Crippen molar-refractivity contribution in [3.8, 4) is 0 Å². The average molecular weight is 407 g/mol. The van der Waals surface area contributed by atoms with Crippen LogP contribution in [0.15, 0.2) is 66.7 Å². The molecule has 0 spiro atoms. The maximum atomic E-state index is 12.5. The molecule has 0 aliphatic heterocycles. The predicted octanol–water partition coefficient (Wildman–Crippen LogP) is 5.09. The van der Waals surface area contributed by atoms with Crippen molar-refractivity contribution in [3.63, 3.8) is 0 Å². The number of amides is 2. The molecule has 0 saturated heterocycles. The van der Waals surface area contributed by atoms with Gasteiger partial charge >= 0.3 is 0 Å². The minimum atomic E-state index is -0.318. The second-order valence-electron chi connectivity index (χ2n) is 7.20. The topological polar surface area (TPSA) is 58.2 Å². The second kappa shape index (κ2) is 9.61. The van der Waals surface area contributed by atoms with Gasteiger partial charge in [-0.05, 0) is 55.3 Å². The van der Waals surface area contributed by atoms with Crippen LogP contribution in [0.2, 0.25) is 0 Å². The van der Waals surface area contributed by atoms with Crippen molar-refractivity contribution in [3.05, 3.63) is 77.9 Å². The SMILES string of the molecule is Cc1ccc(NC(=O)CSC(C)C(=O)NC(C)c2ccc3ccccc3c2)cc1. The third-order valence-electron chi connectivity index (χ3n) is 4.80. The van der Waals surface area contributed by atoms with Crippen LogP contribution in [-0.4, -0.2) is 22.8 Å². The second-order valence-corrected chi connectivity index (χ2v) is 8.53. The van der Waals surface area contributed by atoms with E-state index in [1.54, 1.807) is 0 Å². The molecule has 2 amide bonds. The number of fused-ring (bicyclic) bond motifs is 1. The first-order valence-corrected chi connectivity index (χ1v) is 10.7. The maximum Gasteiger partial charge on any atom is 0.234 e. The van der Waals surface area contributed by atoms with E-state index in [1.165, 1.54) is 17.1 Å². The van der Waals surface area contributed by atoms with Crippen LogP contribution in [0.1, 0.15) is 31.0 Å². The van der Waals surface area contributed by atoms with Gasteiger partial charge in [-0.15, -0.1) is 11.8 Å². The third kappa shape index (κ3) is 5.84. The molecule has 0 aromatic heterocycles. The number of benzene rings is 3. The molecule has 5 heteroatoms. The van der Waals surface area contributed by atoms with Crippen LogP contribution >= 0.6 is 11.8 Å². The smallest absolute Gasteiger partial charge is 0.234 e. The molecular formula is C24H26N2O2S. The Bertz CT molecular complexity index is 1000. The number of carbonyl (C=O) groups is 2. The van der Waals surface area contributed by atoms with Crippen molar-refractivity contribution in [2.24, 2.45) is 0 Å². The van der Waals surface area contributed by atoms with Crippen LogP contribution in [0.25, 0.3) is 10.8 Å². The first kappa shape index (κ1) is 20.9. The minimum absolute atomic E-state index is 0.0706. The Hall–Kier alpha value is -2.79. The lowest BCUT2D eigenvalue weighted by Crippen LogP contribution is -2.33. The number of hydrogen-bond donors (Lipinski definition) is 2. The van der Waals surface area contributed by atoms with Crippen LogP contribution in [0, 0.1) is 6.92 Å². The van der Waals surface area contributed by atoms with Crippen molar-refractivity contribution in [2.45, 2.75) is 32.1 Å². The zero-order valence-corrected chi connectivity index (χ0v) is 17.8. The maximum absolute atomic E-state index is 12.5. The molecule has 0 aliphatic carbocycles. The molecule has 150 valence electrons. The minimum Gasteiger partial charge on any atom is -0.349 e. The van der Waals surface area contributed by atoms with Gasteiger partial charge in [-0.1, -0.05) is 54.1 Å². The largest absolute Gasteiger partial charge is 0.349 e. The Kier molecular flexibility index (Phi) is 6.94. The van der Waals surface area contributed by atoms with Crippen molar-refractivity contribution in [2.75, 3.05) is 11.1 Å². The van der Waals surface area contributed by atoms with Gasteiger partial charge in [0.05, 0.1) is 17.0 Å². The van der Waals surface area contributed by atoms with Crippen molar-refractivity contribution in [1.82, 2.24) is 5.32 Å². The van der Waals surface area contributed by atoms with Gasteiger partial charge in [-0.25, -0.2) is 0 Å². The van der Waals surface area contributed by atoms with Gasteiger partial charge in [0.25, 0.3) is 0 Å². The third-order valence-corrected chi connectivity index (χ3v) is 5.94. The summed E-state index contributed by atoms with van der Waals surface area (Å²) >= 11 is 1.33. The van der Waals surface area contributed by atoms with Crippen molar-refractivity contribution in [1.29, 1.82) is 0 Å². The number of thioether (sulfide) groups is 1. The molecule has 0 radical (unpaired) electrons. The Morgan fingerprint density at radius 3 is 2.34 bits per heavy atom. The van der Waals surface area contributed by atoms with Gasteiger partial charge in [0.1, 0.15) is 0 Å². The monoisotopic (exact) mass is 406 g/mol. The fourth-order valence-electron chi connectivity index (χ4n) is 3.00. The fraction of sp³-hybridized carbons (Fsp3) is 0.250. The molecule has 3 rings (SSSR count). The van der Waals surface area contributed by atoms with Gasteiger partial charge in [0.2, 0.25) is 11.8 Å². The fourth-order valence-corrected chi connectivity index (χ4v) is 3.69. The van der Waals surface area contributed by atoms with Gasteiger partial charge in [-0.3, -0.25) is 9.59 Å². The predicted molar refractivity (Wildman–Crippen MR) is 122 cm³/mol. The van der Waals surface area contributed by atoms with E-state index >= 15 is 0 Å². The number of nitrogens with one attached hydrogen (secondary N) is 2. The summed E-state index contributed by atoms with van der Waals surface area (Å²) in [5, 5.41) is 7.92. The Morgan fingerprint density at radius 1 is 0.931 bits per heavy atom. The number of anilines is 1. The number of aryl methyl sites for hydroxylation is 1. The average Bonchev–Trinajstić information content (AvgIpc) is 2.73. The quantitative estimate of drug-likeness (QED) is 0.575. The van der Waals surface area contributed by atoms with E-state index < -0.39 is 0 Å². The van der Waals surface area contributed by atoms with Crippen LogP contribution < -0.4 is 10.6 Å². The standard InChI is InChI=1S/C24H26N2O2S/c1-16-8-12-22(13-9-16)26-23(27)15-29-18(3)24(28)25-17(2)20-11-10-19-6-4-5-7-21(19)14-20/h4-14,17-18H,15H2,1-3H3,(H,25,28)(H,26,27). The van der Waals surface area contributed by atoms with E-state index in [4.69, 9.17) is 0 Å². The molecule has 0 aliphatic rings. The Morgan fingerprint density at radius 2 is 1.62 bits per heavy atom. The molecule has 29 heavy (non-hydrogen) atoms. The summed E-state index contributed by atoms with van der Waals surface area (Å²) in [5.41, 5.74) is 2.97. The van der Waals surface area contributed by atoms with Crippen molar-refractivity contribution < 1.29 is 9.59 Å². The molecule has 0 heterocycles. The summed E-state index contributed by atoms with van der Waals surface area (Å²) in [5.74, 6) is 0.0483. The first-order valence-electron chi connectivity index (χ1n) is 9.69. The zero-order chi connectivity index (χ0) is 20.8. The molecule has 0 saturated carbocycles. The van der Waals surface area contributed by atoms with Gasteiger partial charge < -0.3 is 10.6 Å². The van der Waals surface area contributed by atoms with Gasteiger partial charge in [0, 0.05) is 5.69 Å². The number of carbonyl (C=O) groups excluding carboxylic acids is 2. The van der Waals surface area contributed by atoms with Crippen molar-refractivity contribution >= 4 is 40.0 Å². The van der Waals surface area contributed by atoms with E-state index in [1.807, 2.05) is 63.2 Å². The van der Waals surface area contributed by atoms with Crippen LogP contribution in [0.5, 0.6) is 0 Å². The molecule has 2 N–H and O–H groups in total. The highest BCUT2D eigenvalue weighted by molar-refractivity contribution is 8.01. The highest BCUT2D eigenvalue weighted by atomic mass is 32.2. The summed E-state index contributed by atoms with van der Waals surface area (Å²) < 4.78 is 0. The normalized spacial score (nSPS) is 12.9. The van der Waals surface area contributed by atoms with Crippen LogP contribution in [0.4, 0.5) is 5.69 Å². The van der Waals surface area contributed by atoms with Crippen LogP contribution in [0.3, 0.4) is 0 Å². The molecule has 4 nitrogen and oxygen atoms in total. The van der Waals surface area contributed by atoms with Crippen LogP contribution in [-0.2, 0) is 9.59 Å². The van der Waals surface area contributed by atoms with E-state index in [0.29, 0.717) is 0 Å². The molecule has 3 aromatic carbocycles. The lowest BCUT2D eigenvalue weighted by atomic mass is 10.0. The van der Waals surface area contributed by atoms with E-state index in [2.05, 4.69) is 34.9 Å². The Balaban J connectivity index is 1.49. The summed E-state index contributed by atoms with van der Waals surface area (Å²) in [6.45, 7) is 5.80. The zero-order valence-electron chi connectivity index (χ0n) is 16.9. The summed E-state index contributed by atoms with van der Waals surface area (Å²) in [6.07, 6.45) is 0. The summed E-state index contributed by atoms with van der Waals surface area (Å²) in [7, 11) is 0. The molecule has 2 unspecified atom stereocenters. The van der Waals surface area contributed by atoms with E-state index in [-0.39, 0.29) is 28.9 Å². The lowest BCUT2D eigenvalue weighted by molar-refractivity contribution is -0.120. The Labute approximate surface area is 176 Å². The summed E-state index contributed by atoms with van der Waals surface area (Å²) in [4.78, 5) is 24.7. The highest BCUT2D eigenvalue weighted by Gasteiger charge is 2.18. The lowest BCUT2D eigenvalue weighted by Gasteiger charge is -2.18. The van der Waals surface area contributed by atoms with Gasteiger partial charge in [-0.2, -0.15) is 0 Å². The molecule has 0 bridgehead atoms. The molecule has 0 fully saturated rings. The molecule has 2 atom stereocenters. The summed E-state index contributed by atoms with van der Waals surface area (Å²) in [6, 6.07) is 21.9. The van der Waals surface area contributed by atoms with E-state index in [0.717, 1.165) is 22.2 Å².